The third-order valence-corrected chi connectivity index (χ3v) is 3.46. The van der Waals surface area contributed by atoms with Crippen LogP contribution < -0.4 is 16.0 Å². The Balaban J connectivity index is 1.99. The maximum absolute atomic E-state index is 12.0. The van der Waals surface area contributed by atoms with Gasteiger partial charge in [0.2, 0.25) is 5.91 Å². The van der Waals surface area contributed by atoms with Gasteiger partial charge in [-0.05, 0) is 37.5 Å². The number of hydrogen-bond donors (Lipinski definition) is 2. The molecule has 1 aliphatic rings. The Morgan fingerprint density at radius 3 is 3.21 bits per heavy atom. The zero-order valence-electron chi connectivity index (χ0n) is 11.4. The molecule has 1 aromatic rings. The highest BCUT2D eigenvalue weighted by Crippen LogP contribution is 2.22. The van der Waals surface area contributed by atoms with Gasteiger partial charge in [-0.3, -0.25) is 4.79 Å². The Morgan fingerprint density at radius 1 is 1.63 bits per heavy atom. The van der Waals surface area contributed by atoms with E-state index in [-0.39, 0.29) is 11.8 Å². The van der Waals surface area contributed by atoms with E-state index < -0.39 is 0 Å². The lowest BCUT2D eigenvalue weighted by Gasteiger charge is -2.33. The van der Waals surface area contributed by atoms with Crippen molar-refractivity contribution < 1.29 is 4.79 Å². The number of rotatable bonds is 4. The van der Waals surface area contributed by atoms with Crippen LogP contribution in [0.25, 0.3) is 0 Å². The molecule has 2 rings (SSSR count). The fourth-order valence-electron chi connectivity index (χ4n) is 2.43. The average Bonchev–Trinajstić information content (AvgIpc) is 2.45. The highest BCUT2D eigenvalue weighted by Gasteiger charge is 2.26. The van der Waals surface area contributed by atoms with Crippen LogP contribution in [-0.4, -0.2) is 37.1 Å². The van der Waals surface area contributed by atoms with Gasteiger partial charge in [0.25, 0.3) is 0 Å². The summed E-state index contributed by atoms with van der Waals surface area (Å²) < 4.78 is 0. The Kier molecular flexibility index (Phi) is 4.74. The fourth-order valence-corrected chi connectivity index (χ4v) is 2.43. The van der Waals surface area contributed by atoms with Crippen molar-refractivity contribution >= 4 is 11.7 Å². The van der Waals surface area contributed by atoms with Gasteiger partial charge in [-0.25, -0.2) is 4.98 Å². The van der Waals surface area contributed by atoms with E-state index in [4.69, 9.17) is 5.73 Å². The molecule has 1 atom stereocenters. The Hall–Kier alpha value is -1.62. The lowest BCUT2D eigenvalue weighted by atomic mass is 9.97. The predicted molar refractivity (Wildman–Crippen MR) is 76.0 cm³/mol. The Labute approximate surface area is 114 Å². The minimum Gasteiger partial charge on any atom is -0.356 e. The highest BCUT2D eigenvalue weighted by molar-refractivity contribution is 5.79. The zero-order valence-corrected chi connectivity index (χ0v) is 11.4. The lowest BCUT2D eigenvalue weighted by Crippen LogP contribution is -2.44. The number of nitrogens with one attached hydrogen (secondary N) is 1. The molecule has 1 fully saturated rings. The normalized spacial score (nSPS) is 19.3. The smallest absolute Gasteiger partial charge is 0.224 e. The molecule has 5 heteroatoms. The minimum absolute atomic E-state index is 0.0441. The number of nitrogens with two attached hydrogens (primary N) is 1. The summed E-state index contributed by atoms with van der Waals surface area (Å²) in [5.74, 6) is 1.13. The number of aryl methyl sites for hydroxylation is 1. The SMILES string of the molecule is Cc1ccnc(N2CCCC(C(=O)NCCN)C2)c1. The molecule has 5 nitrogen and oxygen atoms in total. The van der Waals surface area contributed by atoms with Gasteiger partial charge < -0.3 is 16.0 Å². The molecule has 0 spiro atoms. The van der Waals surface area contributed by atoms with Gasteiger partial charge in [-0.15, -0.1) is 0 Å². The van der Waals surface area contributed by atoms with Crippen LogP contribution in [0.3, 0.4) is 0 Å². The van der Waals surface area contributed by atoms with Crippen LogP contribution in [0.4, 0.5) is 5.82 Å². The largest absolute Gasteiger partial charge is 0.356 e. The van der Waals surface area contributed by atoms with Gasteiger partial charge in [0.15, 0.2) is 0 Å². The van der Waals surface area contributed by atoms with Crippen molar-refractivity contribution in [3.8, 4) is 0 Å². The van der Waals surface area contributed by atoms with Crippen LogP contribution >= 0.6 is 0 Å². The molecule has 1 saturated heterocycles. The third kappa shape index (κ3) is 3.67. The number of aromatic nitrogens is 1. The molecule has 2 heterocycles. The number of pyridine rings is 1. The average molecular weight is 262 g/mol. The van der Waals surface area contributed by atoms with Crippen LogP contribution in [0.1, 0.15) is 18.4 Å². The monoisotopic (exact) mass is 262 g/mol. The summed E-state index contributed by atoms with van der Waals surface area (Å²) in [5.41, 5.74) is 6.60. The van der Waals surface area contributed by atoms with E-state index in [1.807, 2.05) is 12.3 Å². The number of hydrogen-bond acceptors (Lipinski definition) is 4. The van der Waals surface area contributed by atoms with Crippen molar-refractivity contribution in [2.45, 2.75) is 19.8 Å². The van der Waals surface area contributed by atoms with E-state index in [0.717, 1.165) is 31.7 Å². The summed E-state index contributed by atoms with van der Waals surface area (Å²) in [6.07, 6.45) is 3.79. The summed E-state index contributed by atoms with van der Waals surface area (Å²) >= 11 is 0. The van der Waals surface area contributed by atoms with Gasteiger partial charge in [-0.1, -0.05) is 0 Å². The molecule has 0 aliphatic carbocycles. The minimum atomic E-state index is 0.0441. The van der Waals surface area contributed by atoms with Crippen molar-refractivity contribution in [3.05, 3.63) is 23.9 Å². The van der Waals surface area contributed by atoms with E-state index in [2.05, 4.69) is 28.2 Å². The molecular formula is C14H22N4O. The summed E-state index contributed by atoms with van der Waals surface area (Å²) in [6, 6.07) is 4.05. The van der Waals surface area contributed by atoms with Crippen molar-refractivity contribution in [3.63, 3.8) is 0 Å². The van der Waals surface area contributed by atoms with Crippen molar-refractivity contribution in [1.82, 2.24) is 10.3 Å². The molecule has 0 radical (unpaired) electrons. The second-order valence-corrected chi connectivity index (χ2v) is 5.06. The molecule has 1 aliphatic heterocycles. The van der Waals surface area contributed by atoms with Crippen molar-refractivity contribution in [2.24, 2.45) is 11.7 Å². The van der Waals surface area contributed by atoms with Crippen molar-refractivity contribution in [2.75, 3.05) is 31.1 Å². The number of piperidine rings is 1. The maximum Gasteiger partial charge on any atom is 0.224 e. The number of anilines is 1. The summed E-state index contributed by atoms with van der Waals surface area (Å²) in [7, 11) is 0. The van der Waals surface area contributed by atoms with Crippen LogP contribution in [-0.2, 0) is 4.79 Å². The van der Waals surface area contributed by atoms with Crippen LogP contribution in [0.15, 0.2) is 18.3 Å². The van der Waals surface area contributed by atoms with Gasteiger partial charge >= 0.3 is 0 Å². The van der Waals surface area contributed by atoms with Crippen LogP contribution in [0, 0.1) is 12.8 Å². The molecule has 0 bridgehead atoms. The van der Waals surface area contributed by atoms with E-state index >= 15 is 0 Å². The summed E-state index contributed by atoms with van der Waals surface area (Å²) in [4.78, 5) is 18.6. The van der Waals surface area contributed by atoms with E-state index in [1.54, 1.807) is 0 Å². The first-order valence-corrected chi connectivity index (χ1v) is 6.86. The van der Waals surface area contributed by atoms with Gasteiger partial charge in [0.05, 0.1) is 5.92 Å². The number of carbonyl (C=O) groups excluding carboxylic acids is 1. The first-order chi connectivity index (χ1) is 9.20. The van der Waals surface area contributed by atoms with E-state index in [0.29, 0.717) is 13.1 Å². The lowest BCUT2D eigenvalue weighted by molar-refractivity contribution is -0.125. The topological polar surface area (TPSA) is 71.2 Å². The molecule has 0 saturated carbocycles. The van der Waals surface area contributed by atoms with Gasteiger partial charge in [0, 0.05) is 32.4 Å². The first kappa shape index (κ1) is 13.8. The second kappa shape index (κ2) is 6.52. The molecular weight excluding hydrogens is 240 g/mol. The van der Waals surface area contributed by atoms with Crippen LogP contribution in [0.5, 0.6) is 0 Å². The first-order valence-electron chi connectivity index (χ1n) is 6.86. The van der Waals surface area contributed by atoms with Gasteiger partial charge in [-0.2, -0.15) is 0 Å². The number of nitrogens with zero attached hydrogens (tertiary/aromatic N) is 2. The predicted octanol–water partition coefficient (Wildman–Crippen LogP) is 0.681. The Morgan fingerprint density at radius 2 is 2.47 bits per heavy atom. The fraction of sp³-hybridized carbons (Fsp3) is 0.571. The quantitative estimate of drug-likeness (QED) is 0.837. The van der Waals surface area contributed by atoms with Gasteiger partial charge in [0.1, 0.15) is 5.82 Å². The highest BCUT2D eigenvalue weighted by atomic mass is 16.1. The molecule has 1 amide bonds. The molecule has 19 heavy (non-hydrogen) atoms. The number of amides is 1. The maximum atomic E-state index is 12.0. The molecule has 3 N–H and O–H groups in total. The third-order valence-electron chi connectivity index (χ3n) is 3.46. The molecule has 0 aromatic carbocycles. The molecule has 1 unspecified atom stereocenters. The number of carbonyl (C=O) groups is 1. The standard InChI is InChI=1S/C14H22N4O/c1-11-4-6-16-13(9-11)18-8-2-3-12(10-18)14(19)17-7-5-15/h4,6,9,12H,2-3,5,7-8,10,15H2,1H3,(H,17,19). The zero-order chi connectivity index (χ0) is 13.7. The second-order valence-electron chi connectivity index (χ2n) is 5.06. The van der Waals surface area contributed by atoms with E-state index in [9.17, 15) is 4.79 Å². The summed E-state index contributed by atoms with van der Waals surface area (Å²) in [6.45, 7) is 4.81. The molecule has 104 valence electrons. The summed E-state index contributed by atoms with van der Waals surface area (Å²) in [5, 5.41) is 2.87. The van der Waals surface area contributed by atoms with Crippen molar-refractivity contribution in [1.29, 1.82) is 0 Å². The molecule has 1 aromatic heterocycles. The van der Waals surface area contributed by atoms with Crippen LogP contribution in [0.2, 0.25) is 0 Å². The Bertz CT molecular complexity index is 435. The van der Waals surface area contributed by atoms with E-state index in [1.165, 1.54) is 5.56 Å².